The fourth-order valence-electron chi connectivity index (χ4n) is 5.31. The van der Waals surface area contributed by atoms with E-state index in [2.05, 4.69) is 31.1 Å². The molecule has 0 aliphatic carbocycles. The minimum atomic E-state index is -1.15. The van der Waals surface area contributed by atoms with E-state index < -0.39 is 17.0 Å². The zero-order chi connectivity index (χ0) is 21.8. The monoisotopic (exact) mass is 410 g/mol. The van der Waals surface area contributed by atoms with Crippen molar-refractivity contribution in [1.29, 1.82) is 0 Å². The Balaban J connectivity index is 2.32. The number of carbonyl (C=O) groups is 2. The lowest BCUT2D eigenvalue weighted by molar-refractivity contribution is -0.162. The number of piperidine rings is 1. The standard InChI is InChI=1S/C23H42N2O4/c1-16-11-23(5,28-7)12-17(2)20(26)22(3,4)21(27)29-15-19(25(6)14-16)18-9-8-10-24-13-18/h16-19,24H,8-15H2,1-7H3/t16-,17-,18-,19-,23-/m1/s1. The fourth-order valence-corrected chi connectivity index (χ4v) is 5.31. The van der Waals surface area contributed by atoms with Crippen molar-refractivity contribution >= 4 is 11.8 Å². The number of nitrogens with one attached hydrogen (secondary N) is 1. The summed E-state index contributed by atoms with van der Waals surface area (Å²) < 4.78 is 11.7. The topological polar surface area (TPSA) is 67.9 Å². The lowest BCUT2D eigenvalue weighted by Gasteiger charge is -2.39. The number of methoxy groups -OCH3 is 1. The van der Waals surface area contributed by atoms with Gasteiger partial charge in [0.25, 0.3) is 0 Å². The van der Waals surface area contributed by atoms with Crippen molar-refractivity contribution in [3.05, 3.63) is 0 Å². The quantitative estimate of drug-likeness (QED) is 0.558. The van der Waals surface area contributed by atoms with Gasteiger partial charge in [-0.2, -0.15) is 0 Å². The maximum Gasteiger partial charge on any atom is 0.319 e. The molecule has 2 aliphatic heterocycles. The largest absolute Gasteiger partial charge is 0.463 e. The minimum Gasteiger partial charge on any atom is -0.463 e. The van der Waals surface area contributed by atoms with Gasteiger partial charge in [0, 0.05) is 25.6 Å². The first-order chi connectivity index (χ1) is 13.5. The molecule has 1 N–H and O–H groups in total. The summed E-state index contributed by atoms with van der Waals surface area (Å²) in [7, 11) is 3.86. The van der Waals surface area contributed by atoms with E-state index in [1.54, 1.807) is 21.0 Å². The zero-order valence-corrected chi connectivity index (χ0v) is 19.5. The van der Waals surface area contributed by atoms with E-state index in [4.69, 9.17) is 9.47 Å². The Morgan fingerprint density at radius 2 is 1.86 bits per heavy atom. The van der Waals surface area contributed by atoms with Gasteiger partial charge in [0.05, 0.1) is 5.60 Å². The van der Waals surface area contributed by atoms with Crippen molar-refractivity contribution in [3.8, 4) is 0 Å². The predicted octanol–water partition coefficient (Wildman–Crippen LogP) is 2.90. The number of ether oxygens (including phenoxy) is 2. The van der Waals surface area contributed by atoms with Gasteiger partial charge in [-0.15, -0.1) is 0 Å². The number of cyclic esters (lactones) is 1. The zero-order valence-electron chi connectivity index (χ0n) is 19.5. The number of nitrogens with zero attached hydrogens (tertiary/aromatic N) is 1. The molecule has 2 heterocycles. The smallest absolute Gasteiger partial charge is 0.319 e. The normalized spacial score (nSPS) is 38.4. The predicted molar refractivity (Wildman–Crippen MR) is 115 cm³/mol. The van der Waals surface area contributed by atoms with Crippen molar-refractivity contribution in [2.45, 2.75) is 71.9 Å². The first-order valence-electron chi connectivity index (χ1n) is 11.2. The Kier molecular flexibility index (Phi) is 8.28. The van der Waals surface area contributed by atoms with Crippen LogP contribution in [0, 0.1) is 23.2 Å². The Morgan fingerprint density at radius 1 is 1.17 bits per heavy atom. The number of hydrogen-bond donors (Lipinski definition) is 1. The highest BCUT2D eigenvalue weighted by atomic mass is 16.5. The summed E-state index contributed by atoms with van der Waals surface area (Å²) in [5.74, 6) is 0.0811. The molecule has 0 spiro atoms. The second-order valence-electron chi connectivity index (χ2n) is 10.3. The highest BCUT2D eigenvalue weighted by molar-refractivity contribution is 6.03. The molecule has 0 aromatic rings. The summed E-state index contributed by atoms with van der Waals surface area (Å²) in [4.78, 5) is 28.4. The van der Waals surface area contributed by atoms with E-state index in [-0.39, 0.29) is 17.7 Å². The molecule has 2 saturated heterocycles. The highest BCUT2D eigenvalue weighted by Crippen LogP contribution is 2.34. The summed E-state index contributed by atoms with van der Waals surface area (Å²) in [6, 6.07) is 0.145. The van der Waals surface area contributed by atoms with Crippen LogP contribution in [0.2, 0.25) is 0 Å². The van der Waals surface area contributed by atoms with Gasteiger partial charge in [-0.25, -0.2) is 0 Å². The van der Waals surface area contributed by atoms with Crippen LogP contribution in [0.25, 0.3) is 0 Å². The van der Waals surface area contributed by atoms with Crippen LogP contribution in [0.1, 0.15) is 60.3 Å². The van der Waals surface area contributed by atoms with E-state index in [1.807, 2.05) is 6.92 Å². The third kappa shape index (κ3) is 6.02. The first kappa shape index (κ1) is 24.3. The number of esters is 1. The molecule has 6 heteroatoms. The molecule has 0 amide bonds. The van der Waals surface area contributed by atoms with E-state index in [0.29, 0.717) is 24.9 Å². The number of rotatable bonds is 2. The van der Waals surface area contributed by atoms with Gasteiger partial charge in [-0.05, 0) is 78.4 Å². The van der Waals surface area contributed by atoms with Crippen LogP contribution < -0.4 is 5.32 Å². The Morgan fingerprint density at radius 3 is 2.45 bits per heavy atom. The van der Waals surface area contributed by atoms with Crippen LogP contribution in [0.5, 0.6) is 0 Å². The minimum absolute atomic E-state index is 0.0677. The summed E-state index contributed by atoms with van der Waals surface area (Å²) in [5, 5.41) is 3.48. The molecular formula is C23H42N2O4. The molecule has 2 rings (SSSR count). The Bertz CT molecular complexity index is 573. The molecule has 0 saturated carbocycles. The molecule has 0 aromatic carbocycles. The van der Waals surface area contributed by atoms with Crippen LogP contribution in [0.4, 0.5) is 0 Å². The molecular weight excluding hydrogens is 368 g/mol. The van der Waals surface area contributed by atoms with E-state index in [0.717, 1.165) is 38.9 Å². The van der Waals surface area contributed by atoms with Crippen molar-refractivity contribution in [2.24, 2.45) is 23.2 Å². The van der Waals surface area contributed by atoms with Crippen molar-refractivity contribution in [3.63, 3.8) is 0 Å². The van der Waals surface area contributed by atoms with Crippen LogP contribution in [0.3, 0.4) is 0 Å². The van der Waals surface area contributed by atoms with Crippen LogP contribution in [-0.4, -0.2) is 68.7 Å². The summed E-state index contributed by atoms with van der Waals surface area (Å²) in [5.41, 5.74) is -1.55. The summed E-state index contributed by atoms with van der Waals surface area (Å²) in [6.07, 6.45) is 3.74. The number of hydrogen-bond acceptors (Lipinski definition) is 6. The van der Waals surface area contributed by atoms with Gasteiger partial charge in [0.1, 0.15) is 12.0 Å². The summed E-state index contributed by atoms with van der Waals surface area (Å²) in [6.45, 7) is 12.9. The van der Waals surface area contributed by atoms with Crippen molar-refractivity contribution < 1.29 is 19.1 Å². The lowest BCUT2D eigenvalue weighted by Crippen LogP contribution is -2.49. The number of carbonyl (C=O) groups excluding carboxylic acids is 2. The summed E-state index contributed by atoms with van der Waals surface area (Å²) >= 11 is 0. The van der Waals surface area contributed by atoms with E-state index in [9.17, 15) is 9.59 Å². The number of likely N-dealkylation sites (N-methyl/N-ethyl adjacent to an activating group) is 1. The van der Waals surface area contributed by atoms with Crippen LogP contribution in [0.15, 0.2) is 0 Å². The molecule has 0 radical (unpaired) electrons. The SMILES string of the molecule is CO[C@]1(C)C[C@@H](C)CN(C)[C@@H]([C@@H]2CCCNC2)COC(=O)C(C)(C)C(=O)[C@H](C)C1. The Hall–Kier alpha value is -0.980. The van der Waals surface area contributed by atoms with Crippen molar-refractivity contribution in [1.82, 2.24) is 10.2 Å². The second kappa shape index (κ2) is 9.88. The third-order valence-corrected chi connectivity index (χ3v) is 7.02. The molecule has 0 bridgehead atoms. The molecule has 168 valence electrons. The first-order valence-corrected chi connectivity index (χ1v) is 11.2. The molecule has 0 unspecified atom stereocenters. The maximum absolute atomic E-state index is 13.1. The molecule has 6 nitrogen and oxygen atoms in total. The number of ketones is 1. The van der Waals surface area contributed by atoms with Gasteiger partial charge in [0.15, 0.2) is 5.78 Å². The fraction of sp³-hybridized carbons (Fsp3) is 0.913. The molecule has 5 atom stereocenters. The third-order valence-electron chi connectivity index (χ3n) is 7.02. The average molecular weight is 411 g/mol. The van der Waals surface area contributed by atoms with Gasteiger partial charge in [-0.3, -0.25) is 14.5 Å². The lowest BCUT2D eigenvalue weighted by atomic mass is 9.76. The maximum atomic E-state index is 13.1. The highest BCUT2D eigenvalue weighted by Gasteiger charge is 2.43. The van der Waals surface area contributed by atoms with Gasteiger partial charge < -0.3 is 14.8 Å². The van der Waals surface area contributed by atoms with Crippen molar-refractivity contribution in [2.75, 3.05) is 40.4 Å². The average Bonchev–Trinajstić information content (AvgIpc) is 2.67. The van der Waals surface area contributed by atoms with E-state index >= 15 is 0 Å². The molecule has 0 aromatic heterocycles. The number of Topliss-reactive ketones (excluding diaryl/α,β-unsaturated/α-hetero) is 1. The Labute approximate surface area is 177 Å². The van der Waals surface area contributed by atoms with Gasteiger partial charge >= 0.3 is 5.97 Å². The van der Waals surface area contributed by atoms with Crippen LogP contribution in [-0.2, 0) is 19.1 Å². The van der Waals surface area contributed by atoms with Gasteiger partial charge in [0.2, 0.25) is 0 Å². The van der Waals surface area contributed by atoms with Crippen LogP contribution >= 0.6 is 0 Å². The molecule has 2 aliphatic rings. The van der Waals surface area contributed by atoms with E-state index in [1.165, 1.54) is 0 Å². The molecule has 2 fully saturated rings. The second-order valence-corrected chi connectivity index (χ2v) is 10.3. The van der Waals surface area contributed by atoms with Gasteiger partial charge in [-0.1, -0.05) is 13.8 Å². The molecule has 29 heavy (non-hydrogen) atoms.